The summed E-state index contributed by atoms with van der Waals surface area (Å²) in [4.78, 5) is 35.7. The summed E-state index contributed by atoms with van der Waals surface area (Å²) < 4.78 is 7.09. The maximum absolute atomic E-state index is 13.2. The molecule has 0 saturated carbocycles. The van der Waals surface area contributed by atoms with Gasteiger partial charge in [-0.1, -0.05) is 23.5 Å². The first kappa shape index (κ1) is 17.6. The quantitative estimate of drug-likeness (QED) is 0.633. The number of pyridine rings is 1. The van der Waals surface area contributed by atoms with Gasteiger partial charge in [0.05, 0.1) is 22.9 Å². The molecule has 1 aliphatic rings. The average Bonchev–Trinajstić information content (AvgIpc) is 3.30. The standard InChI is InChI=1S/C19H15N3O3S2/c1-11-15(18(24)25-2)16(13-6-4-8-26-13)22-17(23)14(27-19(22)21-11)9-12-5-3-7-20-10-12/h3-10,16H,1-2H3. The van der Waals surface area contributed by atoms with Crippen LogP contribution in [0, 0.1) is 0 Å². The third-order valence-electron chi connectivity index (χ3n) is 4.22. The van der Waals surface area contributed by atoms with E-state index >= 15 is 0 Å². The van der Waals surface area contributed by atoms with Crippen LogP contribution in [0.3, 0.4) is 0 Å². The molecule has 3 aromatic heterocycles. The van der Waals surface area contributed by atoms with Gasteiger partial charge >= 0.3 is 5.97 Å². The van der Waals surface area contributed by atoms with Crippen LogP contribution in [0.25, 0.3) is 6.08 Å². The van der Waals surface area contributed by atoms with Gasteiger partial charge in [0.2, 0.25) is 0 Å². The van der Waals surface area contributed by atoms with Crippen molar-refractivity contribution in [3.63, 3.8) is 0 Å². The maximum atomic E-state index is 13.2. The molecular formula is C19H15N3O3S2. The summed E-state index contributed by atoms with van der Waals surface area (Å²) in [6.45, 7) is 1.77. The molecule has 0 radical (unpaired) electrons. The molecule has 0 bridgehead atoms. The number of aromatic nitrogens is 2. The molecule has 136 valence electrons. The van der Waals surface area contributed by atoms with Gasteiger partial charge in [-0.15, -0.1) is 11.3 Å². The molecule has 0 amide bonds. The number of carbonyl (C=O) groups excluding carboxylic acids is 1. The van der Waals surface area contributed by atoms with Crippen molar-refractivity contribution in [1.29, 1.82) is 0 Å². The van der Waals surface area contributed by atoms with Crippen molar-refractivity contribution in [2.45, 2.75) is 13.0 Å². The second-order valence-corrected chi connectivity index (χ2v) is 7.86. The first-order valence-corrected chi connectivity index (χ1v) is 9.84. The molecule has 1 unspecified atom stereocenters. The highest BCUT2D eigenvalue weighted by Gasteiger charge is 2.33. The molecule has 1 aliphatic heterocycles. The van der Waals surface area contributed by atoms with Crippen molar-refractivity contribution in [1.82, 2.24) is 9.55 Å². The van der Waals surface area contributed by atoms with Crippen LogP contribution in [-0.4, -0.2) is 22.6 Å². The predicted molar refractivity (Wildman–Crippen MR) is 104 cm³/mol. The molecule has 1 atom stereocenters. The zero-order valence-corrected chi connectivity index (χ0v) is 16.2. The van der Waals surface area contributed by atoms with Crippen LogP contribution in [-0.2, 0) is 9.53 Å². The summed E-state index contributed by atoms with van der Waals surface area (Å²) in [6.07, 6.45) is 5.17. The van der Waals surface area contributed by atoms with Crippen molar-refractivity contribution in [3.8, 4) is 0 Å². The fourth-order valence-corrected chi connectivity index (χ4v) is 4.89. The summed E-state index contributed by atoms with van der Waals surface area (Å²) in [5.41, 5.74) is 1.60. The highest BCUT2D eigenvalue weighted by Crippen LogP contribution is 2.32. The summed E-state index contributed by atoms with van der Waals surface area (Å²) in [7, 11) is 1.33. The second kappa shape index (κ2) is 7.05. The Balaban J connectivity index is 1.98. The van der Waals surface area contributed by atoms with E-state index in [9.17, 15) is 9.59 Å². The largest absolute Gasteiger partial charge is 0.466 e. The lowest BCUT2D eigenvalue weighted by atomic mass is 10.0. The van der Waals surface area contributed by atoms with E-state index in [-0.39, 0.29) is 5.56 Å². The first-order valence-electron chi connectivity index (χ1n) is 8.14. The van der Waals surface area contributed by atoms with Crippen molar-refractivity contribution < 1.29 is 9.53 Å². The Hall–Kier alpha value is -2.84. The van der Waals surface area contributed by atoms with Gasteiger partial charge in [-0.3, -0.25) is 14.3 Å². The van der Waals surface area contributed by atoms with Crippen molar-refractivity contribution in [3.05, 3.63) is 83.4 Å². The molecule has 0 fully saturated rings. The first-order chi connectivity index (χ1) is 13.1. The number of allylic oxidation sites excluding steroid dienone is 1. The smallest absolute Gasteiger partial charge is 0.338 e. The summed E-state index contributed by atoms with van der Waals surface area (Å²) in [6, 6.07) is 6.97. The number of nitrogens with zero attached hydrogens (tertiary/aromatic N) is 3. The molecule has 0 spiro atoms. The number of ether oxygens (including phenoxy) is 1. The number of hydrogen-bond donors (Lipinski definition) is 0. The molecule has 3 aromatic rings. The number of rotatable bonds is 3. The van der Waals surface area contributed by atoms with Crippen LogP contribution in [0.1, 0.15) is 23.4 Å². The minimum atomic E-state index is -0.537. The monoisotopic (exact) mass is 397 g/mol. The fraction of sp³-hybridized carbons (Fsp3) is 0.158. The van der Waals surface area contributed by atoms with Crippen molar-refractivity contribution in [2.75, 3.05) is 7.11 Å². The molecule has 4 heterocycles. The van der Waals surface area contributed by atoms with Crippen LogP contribution in [0.15, 0.2) is 63.1 Å². The van der Waals surface area contributed by atoms with Gasteiger partial charge in [0.25, 0.3) is 5.56 Å². The Morgan fingerprint density at radius 3 is 2.85 bits per heavy atom. The lowest BCUT2D eigenvalue weighted by Crippen LogP contribution is -2.39. The van der Waals surface area contributed by atoms with Crippen molar-refractivity contribution in [2.24, 2.45) is 4.99 Å². The van der Waals surface area contributed by atoms with Gasteiger partial charge < -0.3 is 4.74 Å². The maximum Gasteiger partial charge on any atom is 0.338 e. The van der Waals surface area contributed by atoms with Gasteiger partial charge in [-0.2, -0.15) is 0 Å². The Kier molecular flexibility index (Phi) is 4.59. The van der Waals surface area contributed by atoms with Gasteiger partial charge in [-0.25, -0.2) is 9.79 Å². The number of thiazole rings is 1. The molecule has 27 heavy (non-hydrogen) atoms. The van der Waals surface area contributed by atoms with Gasteiger partial charge in [-0.05, 0) is 36.1 Å². The number of hydrogen-bond acceptors (Lipinski definition) is 7. The van der Waals surface area contributed by atoms with E-state index in [1.165, 1.54) is 29.8 Å². The lowest BCUT2D eigenvalue weighted by Gasteiger charge is -2.22. The number of fused-ring (bicyclic) bond motifs is 1. The zero-order valence-electron chi connectivity index (χ0n) is 14.6. The molecule has 0 N–H and O–H groups in total. The minimum Gasteiger partial charge on any atom is -0.466 e. The number of carbonyl (C=O) groups is 1. The zero-order chi connectivity index (χ0) is 19.0. The third kappa shape index (κ3) is 3.07. The molecule has 0 saturated heterocycles. The van der Waals surface area contributed by atoms with Crippen LogP contribution in [0.2, 0.25) is 0 Å². The highest BCUT2D eigenvalue weighted by atomic mass is 32.1. The molecule has 0 aromatic carbocycles. The summed E-state index contributed by atoms with van der Waals surface area (Å²) in [5, 5.41) is 1.92. The molecule has 0 aliphatic carbocycles. The second-order valence-electron chi connectivity index (χ2n) is 5.88. The van der Waals surface area contributed by atoms with E-state index < -0.39 is 12.0 Å². The molecule has 6 nitrogen and oxygen atoms in total. The fourth-order valence-electron chi connectivity index (χ4n) is 3.02. The Labute approximate surface area is 162 Å². The normalized spacial score (nSPS) is 16.8. The van der Waals surface area contributed by atoms with E-state index in [4.69, 9.17) is 4.74 Å². The van der Waals surface area contributed by atoms with E-state index in [1.54, 1.807) is 30.0 Å². The van der Waals surface area contributed by atoms with E-state index in [2.05, 4.69) is 9.98 Å². The van der Waals surface area contributed by atoms with Gasteiger partial charge in [0.1, 0.15) is 6.04 Å². The van der Waals surface area contributed by atoms with Gasteiger partial charge in [0, 0.05) is 17.3 Å². The Morgan fingerprint density at radius 1 is 1.33 bits per heavy atom. The number of esters is 1. The average molecular weight is 397 g/mol. The Morgan fingerprint density at radius 2 is 2.19 bits per heavy atom. The topological polar surface area (TPSA) is 73.6 Å². The third-order valence-corrected chi connectivity index (χ3v) is 6.13. The van der Waals surface area contributed by atoms with Crippen LogP contribution < -0.4 is 14.9 Å². The Bertz CT molecular complexity index is 1210. The predicted octanol–water partition coefficient (Wildman–Crippen LogP) is 1.86. The number of thiophene rings is 1. The van der Waals surface area contributed by atoms with Crippen molar-refractivity contribution >= 4 is 34.7 Å². The van der Waals surface area contributed by atoms with Crippen LogP contribution in [0.5, 0.6) is 0 Å². The molecule has 4 rings (SSSR count). The van der Waals surface area contributed by atoms with E-state index in [1.807, 2.05) is 29.6 Å². The highest BCUT2D eigenvalue weighted by molar-refractivity contribution is 7.10. The summed E-state index contributed by atoms with van der Waals surface area (Å²) >= 11 is 2.79. The summed E-state index contributed by atoms with van der Waals surface area (Å²) in [5.74, 6) is -0.476. The lowest BCUT2D eigenvalue weighted by molar-refractivity contribution is -0.136. The minimum absolute atomic E-state index is 0.185. The number of methoxy groups -OCH3 is 1. The molecule has 8 heteroatoms. The van der Waals surface area contributed by atoms with Crippen LogP contribution >= 0.6 is 22.7 Å². The molecular weight excluding hydrogens is 382 g/mol. The van der Waals surface area contributed by atoms with Crippen LogP contribution in [0.4, 0.5) is 0 Å². The SMILES string of the molecule is COC(=O)C1=C(C)N=c2sc(=Cc3cccnc3)c(=O)n2C1c1cccs1. The van der Waals surface area contributed by atoms with Gasteiger partial charge in [0.15, 0.2) is 4.80 Å². The van der Waals surface area contributed by atoms with E-state index in [0.717, 1.165) is 10.4 Å². The van der Waals surface area contributed by atoms with E-state index in [0.29, 0.717) is 20.6 Å².